The summed E-state index contributed by atoms with van der Waals surface area (Å²) in [5.41, 5.74) is 3.09. The number of nitrogens with one attached hydrogen (secondary N) is 1. The number of benzene rings is 2. The van der Waals surface area contributed by atoms with Gasteiger partial charge in [-0.25, -0.2) is 4.90 Å². The first-order valence-electron chi connectivity index (χ1n) is 9.16. The number of fused-ring (bicyclic) bond motifs is 1. The lowest BCUT2D eigenvalue weighted by atomic mass is 9.97. The van der Waals surface area contributed by atoms with Crippen LogP contribution in [0.2, 0.25) is 0 Å². The molecule has 27 heavy (non-hydrogen) atoms. The van der Waals surface area contributed by atoms with E-state index in [1.165, 1.54) is 4.90 Å². The molecule has 3 rings (SSSR count). The average molecular weight is 364 g/mol. The molecule has 3 amide bonds. The third-order valence-corrected chi connectivity index (χ3v) is 4.69. The van der Waals surface area contributed by atoms with Crippen LogP contribution in [0.4, 0.5) is 5.69 Å². The standard InChI is InChI=1S/C22H24N2O3/c1-12(2)15-9-6-8-14(5)19(15)24-21(26)17-11-7-10-16(18(17)22(24)27)20(25)23-13(3)4/h6-13H,1-5H3,(H,23,25). The molecule has 2 aromatic rings. The summed E-state index contributed by atoms with van der Waals surface area (Å²) in [6, 6.07) is 10.5. The Hall–Kier alpha value is -2.95. The van der Waals surface area contributed by atoms with Gasteiger partial charge >= 0.3 is 0 Å². The van der Waals surface area contributed by atoms with E-state index in [-0.39, 0.29) is 40.5 Å². The van der Waals surface area contributed by atoms with Crippen LogP contribution in [-0.2, 0) is 0 Å². The Balaban J connectivity index is 2.15. The number of nitrogens with zero attached hydrogens (tertiary/aromatic N) is 1. The monoisotopic (exact) mass is 364 g/mol. The second-order valence-electron chi connectivity index (χ2n) is 7.47. The van der Waals surface area contributed by atoms with Gasteiger partial charge in [0.1, 0.15) is 0 Å². The molecule has 0 aliphatic carbocycles. The Morgan fingerprint density at radius 3 is 2.26 bits per heavy atom. The van der Waals surface area contributed by atoms with Gasteiger partial charge in [-0.05, 0) is 49.9 Å². The van der Waals surface area contributed by atoms with E-state index >= 15 is 0 Å². The maximum Gasteiger partial charge on any atom is 0.266 e. The first-order valence-corrected chi connectivity index (χ1v) is 9.16. The summed E-state index contributed by atoms with van der Waals surface area (Å²) < 4.78 is 0. The zero-order valence-corrected chi connectivity index (χ0v) is 16.3. The molecule has 0 radical (unpaired) electrons. The molecular formula is C22H24N2O3. The molecule has 0 unspecified atom stereocenters. The Morgan fingerprint density at radius 1 is 0.963 bits per heavy atom. The predicted molar refractivity (Wildman–Crippen MR) is 105 cm³/mol. The molecule has 1 aliphatic rings. The molecule has 1 N–H and O–H groups in total. The van der Waals surface area contributed by atoms with Gasteiger partial charge in [-0.1, -0.05) is 38.1 Å². The fraction of sp³-hybridized carbons (Fsp3) is 0.318. The van der Waals surface area contributed by atoms with Crippen LogP contribution in [0.25, 0.3) is 0 Å². The first kappa shape index (κ1) is 18.8. The molecule has 0 saturated heterocycles. The van der Waals surface area contributed by atoms with Gasteiger partial charge in [0.05, 0.1) is 22.4 Å². The number of hydrogen-bond acceptors (Lipinski definition) is 3. The molecule has 0 aromatic heterocycles. The number of imide groups is 1. The van der Waals surface area contributed by atoms with Crippen molar-refractivity contribution in [2.75, 3.05) is 4.90 Å². The molecule has 5 nitrogen and oxygen atoms in total. The van der Waals surface area contributed by atoms with Gasteiger partial charge in [0, 0.05) is 6.04 Å². The molecule has 1 aliphatic heterocycles. The van der Waals surface area contributed by atoms with Crippen molar-refractivity contribution < 1.29 is 14.4 Å². The number of anilines is 1. The van der Waals surface area contributed by atoms with Gasteiger partial charge in [0.2, 0.25) is 0 Å². The first-order chi connectivity index (χ1) is 12.7. The van der Waals surface area contributed by atoms with Crippen LogP contribution < -0.4 is 10.2 Å². The zero-order valence-electron chi connectivity index (χ0n) is 16.3. The second-order valence-corrected chi connectivity index (χ2v) is 7.47. The van der Waals surface area contributed by atoms with Crippen molar-refractivity contribution in [1.29, 1.82) is 0 Å². The van der Waals surface area contributed by atoms with Gasteiger partial charge in [0.15, 0.2) is 0 Å². The lowest BCUT2D eigenvalue weighted by Gasteiger charge is -2.22. The number of carbonyl (C=O) groups is 3. The number of para-hydroxylation sites is 1. The minimum absolute atomic E-state index is 0.0689. The third-order valence-electron chi connectivity index (χ3n) is 4.69. The van der Waals surface area contributed by atoms with Crippen molar-refractivity contribution in [2.24, 2.45) is 0 Å². The maximum absolute atomic E-state index is 13.3. The predicted octanol–water partition coefficient (Wildman–Crippen LogP) is 4.06. The number of rotatable bonds is 4. The van der Waals surface area contributed by atoms with E-state index in [0.717, 1.165) is 11.1 Å². The van der Waals surface area contributed by atoms with E-state index in [4.69, 9.17) is 0 Å². The van der Waals surface area contributed by atoms with E-state index in [2.05, 4.69) is 5.32 Å². The fourth-order valence-corrected chi connectivity index (χ4v) is 3.47. The number of hydrogen-bond donors (Lipinski definition) is 1. The van der Waals surface area contributed by atoms with Crippen molar-refractivity contribution in [1.82, 2.24) is 5.32 Å². The van der Waals surface area contributed by atoms with Gasteiger partial charge in [-0.3, -0.25) is 14.4 Å². The van der Waals surface area contributed by atoms with E-state index in [1.54, 1.807) is 18.2 Å². The van der Waals surface area contributed by atoms with Crippen LogP contribution in [0.5, 0.6) is 0 Å². The molecule has 2 aromatic carbocycles. The molecular weight excluding hydrogens is 340 g/mol. The van der Waals surface area contributed by atoms with Crippen LogP contribution in [0.15, 0.2) is 36.4 Å². The lowest BCUT2D eigenvalue weighted by Crippen LogP contribution is -2.33. The minimum atomic E-state index is -0.444. The highest BCUT2D eigenvalue weighted by Gasteiger charge is 2.41. The van der Waals surface area contributed by atoms with Crippen molar-refractivity contribution in [3.05, 3.63) is 64.2 Å². The molecule has 1 heterocycles. The smallest absolute Gasteiger partial charge is 0.266 e. The van der Waals surface area contributed by atoms with Gasteiger partial charge in [-0.2, -0.15) is 0 Å². The van der Waals surface area contributed by atoms with Crippen LogP contribution in [0, 0.1) is 6.92 Å². The summed E-state index contributed by atoms with van der Waals surface area (Å²) in [6.45, 7) is 9.64. The van der Waals surface area contributed by atoms with Crippen LogP contribution in [0.1, 0.15) is 75.8 Å². The summed E-state index contributed by atoms with van der Waals surface area (Å²) in [4.78, 5) is 40.2. The Labute approximate surface area is 159 Å². The molecule has 0 fully saturated rings. The summed E-state index contributed by atoms with van der Waals surface area (Å²) in [5, 5.41) is 2.80. The van der Waals surface area contributed by atoms with Gasteiger partial charge in [0.25, 0.3) is 17.7 Å². The molecule has 140 valence electrons. The van der Waals surface area contributed by atoms with Crippen molar-refractivity contribution in [3.63, 3.8) is 0 Å². The molecule has 0 spiro atoms. The van der Waals surface area contributed by atoms with Crippen molar-refractivity contribution in [3.8, 4) is 0 Å². The number of carbonyl (C=O) groups excluding carboxylic acids is 3. The summed E-state index contributed by atoms with van der Waals surface area (Å²) in [7, 11) is 0. The Bertz CT molecular complexity index is 945. The van der Waals surface area contributed by atoms with E-state index in [1.807, 2.05) is 52.8 Å². The Morgan fingerprint density at radius 2 is 1.63 bits per heavy atom. The fourth-order valence-electron chi connectivity index (χ4n) is 3.47. The minimum Gasteiger partial charge on any atom is -0.350 e. The molecule has 0 saturated carbocycles. The van der Waals surface area contributed by atoms with Crippen LogP contribution in [-0.4, -0.2) is 23.8 Å². The maximum atomic E-state index is 13.3. The zero-order chi connectivity index (χ0) is 19.9. The highest BCUT2D eigenvalue weighted by atomic mass is 16.2. The Kier molecular flexibility index (Phi) is 4.87. The third kappa shape index (κ3) is 3.14. The van der Waals surface area contributed by atoms with Crippen molar-refractivity contribution in [2.45, 2.75) is 46.6 Å². The second kappa shape index (κ2) is 6.99. The van der Waals surface area contributed by atoms with Gasteiger partial charge in [-0.15, -0.1) is 0 Å². The molecule has 5 heteroatoms. The summed E-state index contributed by atoms with van der Waals surface area (Å²) in [5.74, 6) is -1.03. The molecule has 0 atom stereocenters. The normalized spacial score (nSPS) is 13.5. The van der Waals surface area contributed by atoms with E-state index in [0.29, 0.717) is 5.69 Å². The largest absolute Gasteiger partial charge is 0.350 e. The topological polar surface area (TPSA) is 66.5 Å². The summed E-state index contributed by atoms with van der Waals surface area (Å²) in [6.07, 6.45) is 0. The van der Waals surface area contributed by atoms with Crippen LogP contribution >= 0.6 is 0 Å². The van der Waals surface area contributed by atoms with Crippen molar-refractivity contribution >= 4 is 23.4 Å². The van der Waals surface area contributed by atoms with Gasteiger partial charge < -0.3 is 5.32 Å². The summed E-state index contributed by atoms with van der Waals surface area (Å²) >= 11 is 0. The van der Waals surface area contributed by atoms with E-state index in [9.17, 15) is 14.4 Å². The van der Waals surface area contributed by atoms with E-state index < -0.39 is 5.91 Å². The average Bonchev–Trinajstić information content (AvgIpc) is 2.85. The number of aryl methyl sites for hydroxylation is 1. The molecule has 0 bridgehead atoms. The number of amides is 3. The lowest BCUT2D eigenvalue weighted by molar-refractivity contribution is 0.0906. The SMILES string of the molecule is Cc1cccc(C(C)C)c1N1C(=O)c2cccc(C(=O)NC(C)C)c2C1=O. The highest BCUT2D eigenvalue weighted by Crippen LogP contribution is 2.37. The van der Waals surface area contributed by atoms with Crippen LogP contribution in [0.3, 0.4) is 0 Å². The highest BCUT2D eigenvalue weighted by molar-refractivity contribution is 6.36. The quantitative estimate of drug-likeness (QED) is 0.832.